The van der Waals surface area contributed by atoms with E-state index in [0.717, 1.165) is 66.4 Å². The maximum Gasteiger partial charge on any atom is 0.338 e. The van der Waals surface area contributed by atoms with E-state index in [9.17, 15) is 18.3 Å². The molecule has 5 rings (SSSR count). The molecule has 220 valence electrons. The number of rotatable bonds is 10. The van der Waals surface area contributed by atoms with Gasteiger partial charge < -0.3 is 9.84 Å². The molecule has 2 aliphatic rings. The Labute approximate surface area is 241 Å². The Morgan fingerprint density at radius 3 is 2.59 bits per heavy atom. The summed E-state index contributed by atoms with van der Waals surface area (Å²) in [5.41, 5.74) is 5.06. The first-order valence-electron chi connectivity index (χ1n) is 14.4. The van der Waals surface area contributed by atoms with Crippen LogP contribution < -0.4 is 4.72 Å². The van der Waals surface area contributed by atoms with Crippen molar-refractivity contribution in [1.29, 1.82) is 0 Å². The molecule has 41 heavy (non-hydrogen) atoms. The summed E-state index contributed by atoms with van der Waals surface area (Å²) in [5, 5.41) is 16.1. The molecule has 0 spiro atoms. The lowest BCUT2D eigenvalue weighted by Crippen LogP contribution is -2.40. The predicted octanol–water partition coefficient (Wildman–Crippen LogP) is 4.07. The molecule has 0 bridgehead atoms. The molecule has 1 aromatic carbocycles. The molecule has 1 aliphatic carbocycles. The van der Waals surface area contributed by atoms with Gasteiger partial charge in [-0.25, -0.2) is 27.4 Å². The summed E-state index contributed by atoms with van der Waals surface area (Å²) in [5.74, 6) is 0.375. The van der Waals surface area contributed by atoms with Gasteiger partial charge in [-0.1, -0.05) is 38.0 Å². The molecule has 1 aliphatic heterocycles. The summed E-state index contributed by atoms with van der Waals surface area (Å²) >= 11 is 0. The van der Waals surface area contributed by atoms with Crippen LogP contribution in [0.25, 0.3) is 5.78 Å². The number of cyclic esters (lactones) is 1. The van der Waals surface area contributed by atoms with Crippen LogP contribution in [0.3, 0.4) is 0 Å². The topological polar surface area (TPSA) is 136 Å². The van der Waals surface area contributed by atoms with Crippen molar-refractivity contribution < 1.29 is 23.1 Å². The van der Waals surface area contributed by atoms with E-state index in [1.807, 2.05) is 39.0 Å². The van der Waals surface area contributed by atoms with Gasteiger partial charge in [0.25, 0.3) is 5.78 Å². The van der Waals surface area contributed by atoms with Crippen molar-refractivity contribution in [1.82, 2.24) is 24.3 Å². The van der Waals surface area contributed by atoms with E-state index in [4.69, 9.17) is 4.74 Å². The molecule has 0 radical (unpaired) electrons. The molecule has 1 saturated carbocycles. The Balaban J connectivity index is 1.40. The van der Waals surface area contributed by atoms with Crippen LogP contribution in [-0.4, -0.2) is 51.4 Å². The van der Waals surface area contributed by atoms with Gasteiger partial charge in [-0.3, -0.25) is 0 Å². The Morgan fingerprint density at radius 1 is 1.12 bits per heavy atom. The molecule has 2 aromatic heterocycles. The first-order chi connectivity index (χ1) is 19.5. The average Bonchev–Trinajstić information content (AvgIpc) is 3.59. The lowest BCUT2D eigenvalue weighted by Gasteiger charge is -2.35. The lowest BCUT2D eigenvalue weighted by molar-refractivity contribution is -0.154. The number of aliphatic hydroxyl groups excluding tert-OH is 1. The van der Waals surface area contributed by atoms with Crippen molar-refractivity contribution in [3.63, 3.8) is 0 Å². The fraction of sp³-hybridized carbons (Fsp3) is 0.533. The number of ether oxygens (including phenoxy) is 1. The van der Waals surface area contributed by atoms with E-state index in [-0.39, 0.29) is 42.2 Å². The van der Waals surface area contributed by atoms with Gasteiger partial charge in [0, 0.05) is 24.4 Å². The second-order valence-corrected chi connectivity index (χ2v) is 13.3. The number of aryl methyl sites for hydroxylation is 4. The van der Waals surface area contributed by atoms with E-state index in [2.05, 4.69) is 25.9 Å². The second kappa shape index (κ2) is 11.9. The fourth-order valence-electron chi connectivity index (χ4n) is 6.24. The summed E-state index contributed by atoms with van der Waals surface area (Å²) in [6.07, 6.45) is 7.11. The molecule has 2 atom stereocenters. The highest BCUT2D eigenvalue weighted by Crippen LogP contribution is 2.40. The van der Waals surface area contributed by atoms with Gasteiger partial charge in [-0.2, -0.15) is 4.98 Å². The SMILES string of the molecule is CCc1cc(CCC2C(O)=C(Cc3nc4nc(C)cc(C)n4n3)C(=O)OC2C2CCCC2)ccc1CNS(C)(=O)=O. The van der Waals surface area contributed by atoms with Crippen molar-refractivity contribution in [2.24, 2.45) is 11.8 Å². The third kappa shape index (κ3) is 6.62. The number of fused-ring (bicyclic) bond motifs is 1. The number of sulfonamides is 1. The number of nitrogens with zero attached hydrogens (tertiary/aromatic N) is 4. The summed E-state index contributed by atoms with van der Waals surface area (Å²) in [6.45, 7) is 6.12. The first kappa shape index (κ1) is 29.2. The van der Waals surface area contributed by atoms with Crippen LogP contribution >= 0.6 is 0 Å². The Bertz CT molecular complexity index is 1590. The Kier molecular flexibility index (Phi) is 8.47. The molecule has 0 amide bonds. The smallest absolute Gasteiger partial charge is 0.338 e. The number of hydrogen-bond acceptors (Lipinski definition) is 8. The van der Waals surface area contributed by atoms with E-state index in [0.29, 0.717) is 24.4 Å². The van der Waals surface area contributed by atoms with Gasteiger partial charge in [0.2, 0.25) is 10.0 Å². The van der Waals surface area contributed by atoms with Gasteiger partial charge in [-0.15, -0.1) is 5.10 Å². The fourth-order valence-corrected chi connectivity index (χ4v) is 6.66. The van der Waals surface area contributed by atoms with Crippen LogP contribution in [0.4, 0.5) is 0 Å². The highest BCUT2D eigenvalue weighted by atomic mass is 32.2. The number of nitrogens with one attached hydrogen (secondary N) is 1. The van der Waals surface area contributed by atoms with Crippen molar-refractivity contribution in [3.8, 4) is 0 Å². The third-order valence-electron chi connectivity index (χ3n) is 8.33. The summed E-state index contributed by atoms with van der Waals surface area (Å²) in [4.78, 5) is 22.2. The number of carbonyl (C=O) groups is 1. The van der Waals surface area contributed by atoms with E-state index < -0.39 is 16.0 Å². The summed E-state index contributed by atoms with van der Waals surface area (Å²) in [6, 6.07) is 8.00. The van der Waals surface area contributed by atoms with Gasteiger partial charge in [0.05, 0.1) is 17.7 Å². The minimum Gasteiger partial charge on any atom is -0.511 e. The lowest BCUT2D eigenvalue weighted by atomic mass is 9.81. The zero-order chi connectivity index (χ0) is 29.3. The zero-order valence-corrected chi connectivity index (χ0v) is 25.0. The highest BCUT2D eigenvalue weighted by Gasteiger charge is 2.42. The van der Waals surface area contributed by atoms with E-state index in [1.165, 1.54) is 0 Å². The third-order valence-corrected chi connectivity index (χ3v) is 9.00. The van der Waals surface area contributed by atoms with Crippen molar-refractivity contribution in [2.45, 2.75) is 84.8 Å². The number of aliphatic hydroxyl groups is 1. The Hall–Kier alpha value is -3.31. The standard InChI is InChI=1S/C30H39N5O5S/c1-5-21-15-20(10-12-23(21)17-31-41(4,38)39)11-13-24-27(36)25(29(37)40-28(24)22-8-6-7-9-22)16-26-33-30-32-18(2)14-19(3)35(30)34-26/h10,12,14-15,22,24,28,31,36H,5-9,11,13,16-17H2,1-4H3. The van der Waals surface area contributed by atoms with Gasteiger partial charge >= 0.3 is 5.97 Å². The largest absolute Gasteiger partial charge is 0.511 e. The highest BCUT2D eigenvalue weighted by molar-refractivity contribution is 7.88. The van der Waals surface area contributed by atoms with Crippen LogP contribution in [0.5, 0.6) is 0 Å². The number of benzene rings is 1. The van der Waals surface area contributed by atoms with Crippen LogP contribution in [-0.2, 0) is 45.4 Å². The van der Waals surface area contributed by atoms with Gasteiger partial charge in [0.15, 0.2) is 5.82 Å². The first-order valence-corrected chi connectivity index (χ1v) is 16.3. The molecule has 2 unspecified atom stereocenters. The monoisotopic (exact) mass is 581 g/mol. The second-order valence-electron chi connectivity index (χ2n) is 11.4. The van der Waals surface area contributed by atoms with Gasteiger partial charge in [0.1, 0.15) is 11.9 Å². The number of hydrogen-bond donors (Lipinski definition) is 2. The summed E-state index contributed by atoms with van der Waals surface area (Å²) < 4.78 is 33.4. The zero-order valence-electron chi connectivity index (χ0n) is 24.2. The molecular formula is C30H39N5O5S. The quantitative estimate of drug-likeness (QED) is 0.342. The predicted molar refractivity (Wildman–Crippen MR) is 155 cm³/mol. The maximum absolute atomic E-state index is 13.2. The number of aromatic nitrogens is 4. The van der Waals surface area contributed by atoms with Crippen molar-refractivity contribution in [2.75, 3.05) is 6.26 Å². The van der Waals surface area contributed by atoms with Crippen molar-refractivity contribution >= 4 is 21.8 Å². The molecular weight excluding hydrogens is 542 g/mol. The number of carbonyl (C=O) groups excluding carboxylic acids is 1. The normalized spacial score (nSPS) is 20.2. The van der Waals surface area contributed by atoms with Crippen molar-refractivity contribution in [3.05, 3.63) is 69.5 Å². The Morgan fingerprint density at radius 2 is 1.88 bits per heavy atom. The maximum atomic E-state index is 13.2. The number of esters is 1. The van der Waals surface area contributed by atoms with E-state index in [1.54, 1.807) is 4.52 Å². The molecule has 3 heterocycles. The summed E-state index contributed by atoms with van der Waals surface area (Å²) in [7, 11) is -3.29. The van der Waals surface area contributed by atoms with E-state index >= 15 is 0 Å². The van der Waals surface area contributed by atoms with Crippen LogP contribution in [0, 0.1) is 25.7 Å². The minimum absolute atomic E-state index is 0.0718. The molecule has 0 saturated heterocycles. The minimum atomic E-state index is -3.29. The molecule has 3 aromatic rings. The average molecular weight is 582 g/mol. The van der Waals surface area contributed by atoms with Crippen LogP contribution in [0.1, 0.15) is 72.9 Å². The molecule has 11 heteroatoms. The molecule has 2 N–H and O–H groups in total. The molecule has 1 fully saturated rings. The van der Waals surface area contributed by atoms with Gasteiger partial charge in [-0.05, 0) is 74.6 Å². The molecule has 10 nitrogen and oxygen atoms in total. The van der Waals surface area contributed by atoms with Crippen LogP contribution in [0.2, 0.25) is 0 Å². The van der Waals surface area contributed by atoms with Crippen LogP contribution in [0.15, 0.2) is 35.6 Å².